The summed E-state index contributed by atoms with van der Waals surface area (Å²) in [4.78, 5) is 11.1. The molecule has 0 aliphatic heterocycles. The zero-order chi connectivity index (χ0) is 13.3. The van der Waals surface area contributed by atoms with Gasteiger partial charge in [-0.15, -0.1) is 0 Å². The van der Waals surface area contributed by atoms with E-state index in [4.69, 9.17) is 4.74 Å². The Labute approximate surface area is 103 Å². The summed E-state index contributed by atoms with van der Waals surface area (Å²) in [5.41, 5.74) is 0.829. The van der Waals surface area contributed by atoms with Gasteiger partial charge in [-0.2, -0.15) is 0 Å². The molecule has 17 heavy (non-hydrogen) atoms. The summed E-state index contributed by atoms with van der Waals surface area (Å²) in [6.45, 7) is 7.92. The van der Waals surface area contributed by atoms with Gasteiger partial charge in [-0.3, -0.25) is 0 Å². The second-order valence-electron chi connectivity index (χ2n) is 3.48. The molecule has 0 spiro atoms. The van der Waals surface area contributed by atoms with Crippen molar-refractivity contribution in [2.75, 3.05) is 0 Å². The van der Waals surface area contributed by atoms with Crippen molar-refractivity contribution in [2.24, 2.45) is 0 Å². The molecule has 96 valence electrons. The van der Waals surface area contributed by atoms with E-state index in [9.17, 15) is 9.90 Å². The minimum absolute atomic E-state index is 0.130. The van der Waals surface area contributed by atoms with E-state index in [1.165, 1.54) is 0 Å². The van der Waals surface area contributed by atoms with Crippen LogP contribution in [0.2, 0.25) is 0 Å². The third-order valence-corrected chi connectivity index (χ3v) is 1.69. The van der Waals surface area contributed by atoms with Crippen LogP contribution >= 0.6 is 0 Å². The Morgan fingerprint density at radius 1 is 1.41 bits per heavy atom. The summed E-state index contributed by atoms with van der Waals surface area (Å²) in [6, 6.07) is 6.71. The minimum Gasteiger partial charge on any atom is -0.508 e. The van der Waals surface area contributed by atoms with Crippen LogP contribution < -0.4 is 5.32 Å². The molecule has 0 heterocycles. The molecule has 1 rings (SSSR count). The number of nitrogens with one attached hydrogen (secondary N) is 1. The summed E-state index contributed by atoms with van der Waals surface area (Å²) in [6.07, 6.45) is -0.581. The first-order valence-corrected chi connectivity index (χ1v) is 5.80. The van der Waals surface area contributed by atoms with E-state index in [1.54, 1.807) is 32.0 Å². The number of aromatic hydroxyl groups is 1. The first kappa shape index (κ1) is 15.3. The third kappa shape index (κ3) is 7.22. The standard InChI is InChI=1S/C11H15NO3.C2H6/c1-8(2)15-11(14)12-7-9-4-3-5-10(13)6-9;1-2/h3-6,8,13H,7H2,1-2H3,(H,12,14);1-2H3. The second-order valence-corrected chi connectivity index (χ2v) is 3.48. The largest absolute Gasteiger partial charge is 0.508 e. The van der Waals surface area contributed by atoms with Crippen molar-refractivity contribution in [1.82, 2.24) is 5.32 Å². The maximum absolute atomic E-state index is 11.1. The SMILES string of the molecule is CC.CC(C)OC(=O)NCc1cccc(O)c1. The fourth-order valence-electron chi connectivity index (χ4n) is 1.10. The average Bonchev–Trinajstić information content (AvgIpc) is 2.28. The molecule has 0 bridgehead atoms. The van der Waals surface area contributed by atoms with Crippen LogP contribution in [0.15, 0.2) is 24.3 Å². The van der Waals surface area contributed by atoms with Crippen LogP contribution in [-0.2, 0) is 11.3 Å². The van der Waals surface area contributed by atoms with Crippen molar-refractivity contribution >= 4 is 6.09 Å². The normalized spacial score (nSPS) is 9.24. The second kappa shape index (κ2) is 8.44. The van der Waals surface area contributed by atoms with Crippen molar-refractivity contribution in [3.05, 3.63) is 29.8 Å². The van der Waals surface area contributed by atoms with Gasteiger partial charge in [-0.25, -0.2) is 4.79 Å². The van der Waals surface area contributed by atoms with E-state index in [0.717, 1.165) is 5.56 Å². The number of hydrogen-bond acceptors (Lipinski definition) is 3. The quantitative estimate of drug-likeness (QED) is 0.852. The highest BCUT2D eigenvalue weighted by molar-refractivity contribution is 5.67. The van der Waals surface area contributed by atoms with Gasteiger partial charge in [0.2, 0.25) is 0 Å². The average molecular weight is 239 g/mol. The van der Waals surface area contributed by atoms with Gasteiger partial charge in [0.25, 0.3) is 0 Å². The molecule has 1 amide bonds. The van der Waals surface area contributed by atoms with Crippen LogP contribution in [0, 0.1) is 0 Å². The Bertz CT molecular complexity index is 337. The van der Waals surface area contributed by atoms with E-state index in [1.807, 2.05) is 19.9 Å². The van der Waals surface area contributed by atoms with Crippen LogP contribution in [0.1, 0.15) is 33.3 Å². The Morgan fingerprint density at radius 3 is 2.59 bits per heavy atom. The zero-order valence-corrected chi connectivity index (χ0v) is 10.9. The number of benzene rings is 1. The highest BCUT2D eigenvalue weighted by Crippen LogP contribution is 2.10. The van der Waals surface area contributed by atoms with Crippen LogP contribution in [-0.4, -0.2) is 17.3 Å². The number of phenolic OH excluding ortho intramolecular Hbond substituents is 1. The number of carbonyl (C=O) groups is 1. The maximum Gasteiger partial charge on any atom is 0.407 e. The van der Waals surface area contributed by atoms with E-state index < -0.39 is 6.09 Å². The molecule has 2 N–H and O–H groups in total. The predicted octanol–water partition coefficient (Wildman–Crippen LogP) is 3.05. The number of hydrogen-bond donors (Lipinski definition) is 2. The molecule has 0 atom stereocenters. The molecule has 0 saturated heterocycles. The number of amides is 1. The molecule has 1 aromatic carbocycles. The topological polar surface area (TPSA) is 58.6 Å². The highest BCUT2D eigenvalue weighted by Gasteiger charge is 2.04. The lowest BCUT2D eigenvalue weighted by Gasteiger charge is -2.09. The van der Waals surface area contributed by atoms with Crippen LogP contribution in [0.4, 0.5) is 4.79 Å². The van der Waals surface area contributed by atoms with Gasteiger partial charge in [-0.05, 0) is 31.5 Å². The zero-order valence-electron chi connectivity index (χ0n) is 10.9. The summed E-state index contributed by atoms with van der Waals surface area (Å²) in [5.74, 6) is 0.187. The third-order valence-electron chi connectivity index (χ3n) is 1.69. The molecule has 0 radical (unpaired) electrons. The van der Waals surface area contributed by atoms with Gasteiger partial charge in [0.1, 0.15) is 5.75 Å². The number of carbonyl (C=O) groups excluding carboxylic acids is 1. The summed E-state index contributed by atoms with van der Waals surface area (Å²) in [7, 11) is 0. The van der Waals surface area contributed by atoms with E-state index in [2.05, 4.69) is 5.32 Å². The maximum atomic E-state index is 11.1. The Hall–Kier alpha value is -1.71. The molecule has 0 aromatic heterocycles. The van der Waals surface area contributed by atoms with Crippen molar-refractivity contribution < 1.29 is 14.6 Å². The number of ether oxygens (including phenoxy) is 1. The van der Waals surface area contributed by atoms with E-state index in [-0.39, 0.29) is 11.9 Å². The minimum atomic E-state index is -0.451. The predicted molar refractivity (Wildman–Crippen MR) is 67.9 cm³/mol. The van der Waals surface area contributed by atoms with E-state index in [0.29, 0.717) is 6.54 Å². The fourth-order valence-corrected chi connectivity index (χ4v) is 1.10. The van der Waals surface area contributed by atoms with Gasteiger partial charge in [-0.1, -0.05) is 26.0 Å². The molecule has 0 saturated carbocycles. The van der Waals surface area contributed by atoms with Crippen molar-refractivity contribution in [1.29, 1.82) is 0 Å². The monoisotopic (exact) mass is 239 g/mol. The van der Waals surface area contributed by atoms with E-state index >= 15 is 0 Å². The van der Waals surface area contributed by atoms with Crippen LogP contribution in [0.25, 0.3) is 0 Å². The Kier molecular flexibility index (Phi) is 7.59. The lowest BCUT2D eigenvalue weighted by atomic mass is 10.2. The fraction of sp³-hybridized carbons (Fsp3) is 0.462. The molecule has 1 aromatic rings. The Morgan fingerprint density at radius 2 is 2.06 bits per heavy atom. The summed E-state index contributed by atoms with van der Waals surface area (Å²) < 4.78 is 4.89. The summed E-state index contributed by atoms with van der Waals surface area (Å²) in [5, 5.41) is 11.8. The lowest BCUT2D eigenvalue weighted by molar-refractivity contribution is 0.115. The van der Waals surface area contributed by atoms with Crippen molar-refractivity contribution in [3.8, 4) is 5.75 Å². The molecule has 0 fully saturated rings. The Balaban J connectivity index is 0.00000121. The smallest absolute Gasteiger partial charge is 0.407 e. The van der Waals surface area contributed by atoms with Gasteiger partial charge in [0.15, 0.2) is 0 Å². The van der Waals surface area contributed by atoms with Gasteiger partial charge in [0, 0.05) is 6.54 Å². The first-order chi connectivity index (χ1) is 8.08. The van der Waals surface area contributed by atoms with Crippen molar-refractivity contribution in [2.45, 2.75) is 40.3 Å². The lowest BCUT2D eigenvalue weighted by Crippen LogP contribution is -2.26. The molecular weight excluding hydrogens is 218 g/mol. The number of phenols is 1. The van der Waals surface area contributed by atoms with Gasteiger partial charge >= 0.3 is 6.09 Å². The molecule has 4 heteroatoms. The van der Waals surface area contributed by atoms with Crippen LogP contribution in [0.3, 0.4) is 0 Å². The van der Waals surface area contributed by atoms with Crippen LogP contribution in [0.5, 0.6) is 5.75 Å². The molecule has 0 unspecified atom stereocenters. The van der Waals surface area contributed by atoms with Crippen molar-refractivity contribution in [3.63, 3.8) is 0 Å². The first-order valence-electron chi connectivity index (χ1n) is 5.80. The van der Waals surface area contributed by atoms with Gasteiger partial charge in [0.05, 0.1) is 6.10 Å². The highest BCUT2D eigenvalue weighted by atomic mass is 16.6. The molecule has 0 aliphatic carbocycles. The number of alkyl carbamates (subject to hydrolysis) is 1. The molecule has 0 aliphatic rings. The molecular formula is C13H21NO3. The molecule has 4 nitrogen and oxygen atoms in total. The van der Waals surface area contributed by atoms with Gasteiger partial charge < -0.3 is 15.2 Å². The number of rotatable bonds is 3. The summed E-state index contributed by atoms with van der Waals surface area (Å²) >= 11 is 0.